The molecule has 178 valence electrons. The molecule has 0 aliphatic rings. The number of hydrogen-bond acceptors (Lipinski definition) is 6. The normalized spacial score (nSPS) is 11.6. The summed E-state index contributed by atoms with van der Waals surface area (Å²) in [6.45, 7) is 0.669. The zero-order chi connectivity index (χ0) is 24.6. The van der Waals surface area contributed by atoms with Crippen LogP contribution in [0.2, 0.25) is 5.02 Å². The van der Waals surface area contributed by atoms with Crippen molar-refractivity contribution in [3.63, 3.8) is 0 Å². The van der Waals surface area contributed by atoms with Crippen molar-refractivity contribution in [3.8, 4) is 17.0 Å². The van der Waals surface area contributed by atoms with E-state index in [1.807, 2.05) is 54.6 Å². The van der Waals surface area contributed by atoms with Crippen molar-refractivity contribution in [1.29, 1.82) is 0 Å². The maximum atomic E-state index is 13.0. The minimum absolute atomic E-state index is 0.0819. The lowest BCUT2D eigenvalue weighted by Gasteiger charge is -2.14. The maximum Gasteiger partial charge on any atom is 0.255 e. The second-order valence-electron chi connectivity index (χ2n) is 7.92. The molecule has 0 aliphatic heterocycles. The van der Waals surface area contributed by atoms with Crippen LogP contribution in [0.15, 0.2) is 85.1 Å². The van der Waals surface area contributed by atoms with Gasteiger partial charge in [-0.1, -0.05) is 72.3 Å². The number of phenols is 1. The first kappa shape index (κ1) is 24.2. The highest BCUT2D eigenvalue weighted by Crippen LogP contribution is 2.24. The Morgan fingerprint density at radius 1 is 1.00 bits per heavy atom. The Morgan fingerprint density at radius 2 is 1.77 bits per heavy atom. The standard InChI is InChI=1S/C27H25ClN4O3/c28-23-12-5-4-9-20(23)16-30-27-31-17-22(25(32-27)18-7-2-1-3-8-18)26(35)29-14-13-24(34)19-10-6-11-21(33)15-19/h1-12,15,17,24,33-34H,13-14,16H2,(H,29,35)(H,30,31,32). The van der Waals surface area contributed by atoms with Gasteiger partial charge in [-0.2, -0.15) is 0 Å². The van der Waals surface area contributed by atoms with Gasteiger partial charge in [0, 0.05) is 29.9 Å². The number of rotatable bonds is 9. The Hall–Kier alpha value is -3.94. The minimum atomic E-state index is -0.816. The molecule has 0 aliphatic carbocycles. The van der Waals surface area contributed by atoms with Gasteiger partial charge in [0.15, 0.2) is 0 Å². The smallest absolute Gasteiger partial charge is 0.255 e. The summed E-state index contributed by atoms with van der Waals surface area (Å²) in [5.74, 6) is 0.114. The second kappa shape index (κ2) is 11.5. The highest BCUT2D eigenvalue weighted by Gasteiger charge is 2.17. The average molecular weight is 489 g/mol. The van der Waals surface area contributed by atoms with Crippen molar-refractivity contribution >= 4 is 23.5 Å². The van der Waals surface area contributed by atoms with E-state index in [9.17, 15) is 15.0 Å². The van der Waals surface area contributed by atoms with Crippen LogP contribution in [0.1, 0.15) is 34.0 Å². The molecule has 0 fully saturated rings. The molecule has 7 nitrogen and oxygen atoms in total. The number of aliphatic hydroxyl groups is 1. The van der Waals surface area contributed by atoms with Gasteiger partial charge in [0.25, 0.3) is 5.91 Å². The molecule has 35 heavy (non-hydrogen) atoms. The van der Waals surface area contributed by atoms with Crippen LogP contribution in [-0.4, -0.2) is 32.6 Å². The number of amides is 1. The monoisotopic (exact) mass is 488 g/mol. The summed E-state index contributed by atoms with van der Waals surface area (Å²) in [5.41, 5.74) is 3.09. The molecule has 1 amide bonds. The topological polar surface area (TPSA) is 107 Å². The number of hydrogen-bond donors (Lipinski definition) is 4. The van der Waals surface area contributed by atoms with Gasteiger partial charge in [0.05, 0.1) is 17.4 Å². The molecular formula is C27H25ClN4O3. The maximum absolute atomic E-state index is 13.0. The number of benzene rings is 3. The summed E-state index contributed by atoms with van der Waals surface area (Å²) >= 11 is 6.24. The lowest BCUT2D eigenvalue weighted by Crippen LogP contribution is -2.27. The number of aliphatic hydroxyl groups excluding tert-OH is 1. The third-order valence-corrected chi connectivity index (χ3v) is 5.80. The lowest BCUT2D eigenvalue weighted by molar-refractivity contribution is 0.0942. The number of nitrogens with zero attached hydrogens (tertiary/aromatic N) is 2. The van der Waals surface area contributed by atoms with Crippen molar-refractivity contribution < 1.29 is 15.0 Å². The molecule has 1 unspecified atom stereocenters. The molecule has 3 aromatic carbocycles. The van der Waals surface area contributed by atoms with E-state index in [1.165, 1.54) is 18.3 Å². The number of carbonyl (C=O) groups excluding carboxylic acids is 1. The first-order chi connectivity index (χ1) is 17.0. The molecular weight excluding hydrogens is 464 g/mol. The van der Waals surface area contributed by atoms with Crippen molar-refractivity contribution in [2.75, 3.05) is 11.9 Å². The average Bonchev–Trinajstić information content (AvgIpc) is 2.88. The Kier molecular flexibility index (Phi) is 7.92. The molecule has 8 heteroatoms. The van der Waals surface area contributed by atoms with Crippen molar-refractivity contribution in [2.24, 2.45) is 0 Å². The molecule has 0 saturated heterocycles. The number of nitrogens with one attached hydrogen (secondary N) is 2. The van der Waals surface area contributed by atoms with E-state index >= 15 is 0 Å². The van der Waals surface area contributed by atoms with Gasteiger partial charge in [-0.15, -0.1) is 0 Å². The van der Waals surface area contributed by atoms with Crippen LogP contribution in [0, 0.1) is 0 Å². The molecule has 0 spiro atoms. The Labute approximate surface area is 208 Å². The first-order valence-corrected chi connectivity index (χ1v) is 11.5. The van der Waals surface area contributed by atoms with Gasteiger partial charge < -0.3 is 20.8 Å². The van der Waals surface area contributed by atoms with Gasteiger partial charge in [-0.3, -0.25) is 4.79 Å². The summed E-state index contributed by atoms with van der Waals surface area (Å²) in [6, 6.07) is 23.3. The minimum Gasteiger partial charge on any atom is -0.508 e. The van der Waals surface area contributed by atoms with E-state index in [-0.39, 0.29) is 24.6 Å². The molecule has 4 aromatic rings. The van der Waals surface area contributed by atoms with Crippen LogP contribution in [0.5, 0.6) is 5.75 Å². The molecule has 0 saturated carbocycles. The predicted octanol–water partition coefficient (Wildman–Crippen LogP) is 4.97. The zero-order valence-electron chi connectivity index (χ0n) is 18.9. The fourth-order valence-electron chi connectivity index (χ4n) is 3.58. The van der Waals surface area contributed by atoms with Gasteiger partial charge >= 0.3 is 0 Å². The Balaban J connectivity index is 1.47. The highest BCUT2D eigenvalue weighted by atomic mass is 35.5. The third kappa shape index (κ3) is 6.35. The molecule has 1 heterocycles. The summed E-state index contributed by atoms with van der Waals surface area (Å²) in [7, 11) is 0. The quantitative estimate of drug-likeness (QED) is 0.265. The summed E-state index contributed by atoms with van der Waals surface area (Å²) in [5, 5.41) is 26.6. The third-order valence-electron chi connectivity index (χ3n) is 5.43. The number of halogens is 1. The molecule has 1 atom stereocenters. The van der Waals surface area contributed by atoms with Crippen molar-refractivity contribution in [1.82, 2.24) is 15.3 Å². The molecule has 4 N–H and O–H groups in total. The van der Waals surface area contributed by atoms with E-state index in [0.29, 0.717) is 34.3 Å². The summed E-state index contributed by atoms with van der Waals surface area (Å²) < 4.78 is 0. The fraction of sp³-hybridized carbons (Fsp3) is 0.148. The lowest BCUT2D eigenvalue weighted by atomic mass is 10.1. The molecule has 4 rings (SSSR count). The molecule has 0 bridgehead atoms. The van der Waals surface area contributed by atoms with Crippen LogP contribution in [-0.2, 0) is 6.54 Å². The summed E-state index contributed by atoms with van der Waals surface area (Å²) in [6.07, 6.45) is 0.961. The van der Waals surface area contributed by atoms with Crippen LogP contribution in [0.25, 0.3) is 11.3 Å². The van der Waals surface area contributed by atoms with Gasteiger partial charge in [0.2, 0.25) is 5.95 Å². The van der Waals surface area contributed by atoms with Crippen LogP contribution >= 0.6 is 11.6 Å². The first-order valence-electron chi connectivity index (χ1n) is 11.2. The van der Waals surface area contributed by atoms with E-state index in [4.69, 9.17) is 11.6 Å². The predicted molar refractivity (Wildman–Crippen MR) is 136 cm³/mol. The largest absolute Gasteiger partial charge is 0.508 e. The number of carbonyl (C=O) groups is 1. The Morgan fingerprint density at radius 3 is 2.54 bits per heavy atom. The van der Waals surface area contributed by atoms with Crippen molar-refractivity contribution in [3.05, 3.63) is 107 Å². The van der Waals surface area contributed by atoms with Crippen molar-refractivity contribution in [2.45, 2.75) is 19.1 Å². The van der Waals surface area contributed by atoms with E-state index in [1.54, 1.807) is 12.1 Å². The van der Waals surface area contributed by atoms with Gasteiger partial charge in [-0.05, 0) is 35.7 Å². The highest BCUT2D eigenvalue weighted by molar-refractivity contribution is 6.31. The SMILES string of the molecule is O=C(NCCC(O)c1cccc(O)c1)c1cnc(NCc2ccccc2Cl)nc1-c1ccccc1. The number of aromatic nitrogens is 2. The second-order valence-corrected chi connectivity index (χ2v) is 8.33. The molecule has 1 aromatic heterocycles. The molecule has 0 radical (unpaired) electrons. The van der Waals surface area contributed by atoms with Gasteiger partial charge in [-0.25, -0.2) is 9.97 Å². The number of anilines is 1. The van der Waals surface area contributed by atoms with Gasteiger partial charge in [0.1, 0.15) is 5.75 Å². The number of aromatic hydroxyl groups is 1. The van der Waals surface area contributed by atoms with Crippen LogP contribution in [0.4, 0.5) is 5.95 Å². The Bertz CT molecular complexity index is 1300. The fourth-order valence-corrected chi connectivity index (χ4v) is 3.78. The van der Waals surface area contributed by atoms with Crippen LogP contribution < -0.4 is 10.6 Å². The van der Waals surface area contributed by atoms with E-state index in [2.05, 4.69) is 20.6 Å². The number of phenolic OH excluding ortho intramolecular Hbond substituents is 1. The van der Waals surface area contributed by atoms with E-state index < -0.39 is 6.10 Å². The summed E-state index contributed by atoms with van der Waals surface area (Å²) in [4.78, 5) is 21.9. The zero-order valence-corrected chi connectivity index (χ0v) is 19.6. The van der Waals surface area contributed by atoms with Crippen LogP contribution in [0.3, 0.4) is 0 Å². The van der Waals surface area contributed by atoms with E-state index in [0.717, 1.165) is 11.1 Å².